The summed E-state index contributed by atoms with van der Waals surface area (Å²) >= 11 is 0. The van der Waals surface area contributed by atoms with Gasteiger partial charge in [0.25, 0.3) is 0 Å². The lowest BCUT2D eigenvalue weighted by molar-refractivity contribution is 0.0249. The van der Waals surface area contributed by atoms with Crippen LogP contribution in [0.15, 0.2) is 0 Å². The molecule has 0 bridgehead atoms. The number of rotatable bonds is 3. The van der Waals surface area contributed by atoms with Gasteiger partial charge in [0, 0.05) is 45.3 Å². The highest BCUT2D eigenvalue weighted by atomic mass is 16.6. The molecule has 0 spiro atoms. The number of carbonyl (C=O) groups is 1. The van der Waals surface area contributed by atoms with E-state index >= 15 is 0 Å². The average molecular weight is 367 g/mol. The molecule has 0 aromatic carbocycles. The number of hydrogen-bond donors (Lipinski definition) is 1. The van der Waals surface area contributed by atoms with Crippen molar-refractivity contribution in [1.82, 2.24) is 20.0 Å². The molecule has 1 N–H and O–H groups in total. The Labute approximate surface area is 159 Å². The molecule has 3 fully saturated rings. The van der Waals surface area contributed by atoms with Crippen molar-refractivity contribution in [3.63, 3.8) is 0 Å². The molecule has 0 saturated carbocycles. The van der Waals surface area contributed by atoms with Crippen molar-refractivity contribution in [3.05, 3.63) is 0 Å². The Bertz CT molecular complexity index is 459. The molecular weight excluding hydrogens is 328 g/mol. The number of ether oxygens (including phenoxy) is 1. The zero-order valence-electron chi connectivity index (χ0n) is 17.0. The largest absolute Gasteiger partial charge is 0.444 e. The Hall–Kier alpha value is -0.850. The van der Waals surface area contributed by atoms with Crippen LogP contribution in [0.3, 0.4) is 0 Å². The van der Waals surface area contributed by atoms with Crippen LogP contribution < -0.4 is 5.32 Å². The lowest BCUT2D eigenvalue weighted by Crippen LogP contribution is -2.54. The van der Waals surface area contributed by atoms with Crippen LogP contribution in [0.5, 0.6) is 0 Å². The summed E-state index contributed by atoms with van der Waals surface area (Å²) in [5, 5.41) is 3.61. The number of hydrogen-bond acceptors (Lipinski definition) is 5. The van der Waals surface area contributed by atoms with Crippen LogP contribution in [-0.2, 0) is 4.74 Å². The molecule has 3 aliphatic heterocycles. The molecule has 2 atom stereocenters. The monoisotopic (exact) mass is 366 g/mol. The molecule has 6 heteroatoms. The van der Waals surface area contributed by atoms with Gasteiger partial charge in [-0.25, -0.2) is 4.79 Å². The third-order valence-electron chi connectivity index (χ3n) is 5.93. The maximum atomic E-state index is 12.4. The molecular formula is C20H38N4O2. The molecule has 3 aliphatic rings. The van der Waals surface area contributed by atoms with Gasteiger partial charge in [-0.2, -0.15) is 0 Å². The molecule has 0 radical (unpaired) electrons. The van der Waals surface area contributed by atoms with Crippen LogP contribution in [-0.4, -0.2) is 91.3 Å². The topological polar surface area (TPSA) is 48.1 Å². The predicted octanol–water partition coefficient (Wildman–Crippen LogP) is 2.00. The van der Waals surface area contributed by atoms with Gasteiger partial charge in [-0.05, 0) is 72.0 Å². The second-order valence-corrected chi connectivity index (χ2v) is 9.18. The van der Waals surface area contributed by atoms with Crippen molar-refractivity contribution in [2.45, 2.75) is 58.1 Å². The van der Waals surface area contributed by atoms with Gasteiger partial charge in [-0.3, -0.25) is 4.90 Å². The maximum Gasteiger partial charge on any atom is 0.410 e. The van der Waals surface area contributed by atoms with Crippen LogP contribution in [0.4, 0.5) is 4.79 Å². The molecule has 0 aromatic rings. The first kappa shape index (κ1) is 19.9. The van der Waals surface area contributed by atoms with E-state index in [2.05, 4.69) is 15.1 Å². The van der Waals surface area contributed by atoms with Crippen molar-refractivity contribution >= 4 is 6.09 Å². The number of piperidine rings is 1. The Balaban J connectivity index is 1.55. The van der Waals surface area contributed by atoms with Gasteiger partial charge < -0.3 is 19.9 Å². The van der Waals surface area contributed by atoms with E-state index in [-0.39, 0.29) is 6.09 Å². The third-order valence-corrected chi connectivity index (χ3v) is 5.93. The van der Waals surface area contributed by atoms with Crippen LogP contribution in [0, 0.1) is 5.92 Å². The van der Waals surface area contributed by atoms with Crippen LogP contribution in [0.25, 0.3) is 0 Å². The first-order valence-electron chi connectivity index (χ1n) is 10.6. The zero-order valence-corrected chi connectivity index (χ0v) is 17.0. The normalized spacial score (nSPS) is 29.6. The van der Waals surface area contributed by atoms with Gasteiger partial charge in [0.2, 0.25) is 0 Å². The van der Waals surface area contributed by atoms with Crippen LogP contribution >= 0.6 is 0 Å². The second kappa shape index (κ2) is 8.89. The highest BCUT2D eigenvalue weighted by Crippen LogP contribution is 2.23. The molecule has 0 aromatic heterocycles. The third kappa shape index (κ3) is 5.57. The summed E-state index contributed by atoms with van der Waals surface area (Å²) in [6, 6.07) is 0.600. The first-order chi connectivity index (χ1) is 12.4. The predicted molar refractivity (Wildman–Crippen MR) is 104 cm³/mol. The Morgan fingerprint density at radius 2 is 1.81 bits per heavy atom. The fourth-order valence-electron chi connectivity index (χ4n) is 4.61. The smallest absolute Gasteiger partial charge is 0.410 e. The zero-order chi connectivity index (χ0) is 18.6. The molecule has 6 nitrogen and oxygen atoms in total. The van der Waals surface area contributed by atoms with Crippen molar-refractivity contribution in [2.75, 3.05) is 58.9 Å². The SMILES string of the molecule is CC(C)(C)OC(=O)N1CCCN(C2CNCCC2CN2CCCC2)CC1. The van der Waals surface area contributed by atoms with Crippen molar-refractivity contribution in [2.24, 2.45) is 5.92 Å². The van der Waals surface area contributed by atoms with Crippen molar-refractivity contribution in [3.8, 4) is 0 Å². The van der Waals surface area contributed by atoms with Gasteiger partial charge >= 0.3 is 6.09 Å². The lowest BCUT2D eigenvalue weighted by atomic mass is 9.90. The maximum absolute atomic E-state index is 12.4. The lowest BCUT2D eigenvalue weighted by Gasteiger charge is -2.41. The van der Waals surface area contributed by atoms with Gasteiger partial charge in [0.15, 0.2) is 0 Å². The molecule has 1 amide bonds. The van der Waals surface area contributed by atoms with E-state index in [9.17, 15) is 4.79 Å². The molecule has 2 unspecified atom stereocenters. The van der Waals surface area contributed by atoms with E-state index in [0.29, 0.717) is 6.04 Å². The summed E-state index contributed by atoms with van der Waals surface area (Å²) in [5.41, 5.74) is -0.419. The summed E-state index contributed by atoms with van der Waals surface area (Å²) in [6.07, 6.45) is 4.88. The highest BCUT2D eigenvalue weighted by molar-refractivity contribution is 5.68. The minimum absolute atomic E-state index is 0.158. The molecule has 26 heavy (non-hydrogen) atoms. The minimum atomic E-state index is -0.419. The number of nitrogens with one attached hydrogen (secondary N) is 1. The number of nitrogens with zero attached hydrogens (tertiary/aromatic N) is 3. The molecule has 3 rings (SSSR count). The first-order valence-corrected chi connectivity index (χ1v) is 10.6. The van der Waals surface area contributed by atoms with Crippen LogP contribution in [0.2, 0.25) is 0 Å². The van der Waals surface area contributed by atoms with Gasteiger partial charge in [0.1, 0.15) is 5.60 Å². The standard InChI is InChI=1S/C20H38N4O2/c1-20(2,3)26-19(25)24-12-6-11-23(13-14-24)18-15-21-8-7-17(18)16-22-9-4-5-10-22/h17-18,21H,4-16H2,1-3H3. The van der Waals surface area contributed by atoms with E-state index in [0.717, 1.165) is 51.6 Å². The van der Waals surface area contributed by atoms with E-state index in [1.54, 1.807) is 0 Å². The second-order valence-electron chi connectivity index (χ2n) is 9.18. The van der Waals surface area contributed by atoms with E-state index in [4.69, 9.17) is 4.74 Å². The molecule has 150 valence electrons. The van der Waals surface area contributed by atoms with E-state index < -0.39 is 5.60 Å². The van der Waals surface area contributed by atoms with Gasteiger partial charge in [0.05, 0.1) is 0 Å². The summed E-state index contributed by atoms with van der Waals surface area (Å²) < 4.78 is 5.57. The molecule has 3 saturated heterocycles. The highest BCUT2D eigenvalue weighted by Gasteiger charge is 2.33. The minimum Gasteiger partial charge on any atom is -0.444 e. The van der Waals surface area contributed by atoms with E-state index in [1.807, 2.05) is 25.7 Å². The fourth-order valence-corrected chi connectivity index (χ4v) is 4.61. The van der Waals surface area contributed by atoms with Gasteiger partial charge in [-0.1, -0.05) is 0 Å². The quantitative estimate of drug-likeness (QED) is 0.828. The molecule has 0 aliphatic carbocycles. The van der Waals surface area contributed by atoms with Crippen molar-refractivity contribution < 1.29 is 9.53 Å². The van der Waals surface area contributed by atoms with E-state index in [1.165, 1.54) is 38.9 Å². The Morgan fingerprint density at radius 3 is 2.54 bits per heavy atom. The number of amides is 1. The van der Waals surface area contributed by atoms with Gasteiger partial charge in [-0.15, -0.1) is 0 Å². The molecule has 3 heterocycles. The van der Waals surface area contributed by atoms with Crippen molar-refractivity contribution in [1.29, 1.82) is 0 Å². The number of likely N-dealkylation sites (tertiary alicyclic amines) is 1. The van der Waals surface area contributed by atoms with Crippen LogP contribution in [0.1, 0.15) is 46.5 Å². The average Bonchev–Trinajstić information content (AvgIpc) is 2.95. The summed E-state index contributed by atoms with van der Waals surface area (Å²) in [5.74, 6) is 0.752. The Kier molecular flexibility index (Phi) is 6.81. The fraction of sp³-hybridized carbons (Fsp3) is 0.950. The number of carbonyl (C=O) groups excluding carboxylic acids is 1. The Morgan fingerprint density at radius 1 is 1.04 bits per heavy atom. The summed E-state index contributed by atoms with van der Waals surface area (Å²) in [6.45, 7) is 15.5. The summed E-state index contributed by atoms with van der Waals surface area (Å²) in [7, 11) is 0. The summed E-state index contributed by atoms with van der Waals surface area (Å²) in [4.78, 5) is 19.6.